The van der Waals surface area contributed by atoms with Gasteiger partial charge in [-0.2, -0.15) is 0 Å². The van der Waals surface area contributed by atoms with Crippen LogP contribution in [0.1, 0.15) is 37.4 Å². The molecule has 0 aliphatic carbocycles. The van der Waals surface area contributed by atoms with Crippen molar-refractivity contribution in [3.63, 3.8) is 0 Å². The third-order valence-electron chi connectivity index (χ3n) is 4.60. The van der Waals surface area contributed by atoms with E-state index in [1.807, 2.05) is 12.1 Å². The van der Waals surface area contributed by atoms with Crippen molar-refractivity contribution < 1.29 is 23.2 Å². The summed E-state index contributed by atoms with van der Waals surface area (Å²) < 4.78 is 31.2. The van der Waals surface area contributed by atoms with Crippen LogP contribution < -0.4 is 10.1 Å². The Kier molecular flexibility index (Phi) is 9.53. The highest BCUT2D eigenvalue weighted by Gasteiger charge is 2.27. The Hall–Kier alpha value is -2.86. The fraction of sp³-hybridized carbons (Fsp3) is 0.348. The maximum Gasteiger partial charge on any atom is 0.233 e. The lowest BCUT2D eigenvalue weighted by Crippen LogP contribution is -2.30. The molecule has 2 aromatic carbocycles. The van der Waals surface area contributed by atoms with Crippen LogP contribution in [0.4, 0.5) is 0 Å². The van der Waals surface area contributed by atoms with Crippen molar-refractivity contribution in [2.24, 2.45) is 0 Å². The van der Waals surface area contributed by atoms with Crippen molar-refractivity contribution in [1.29, 1.82) is 0 Å². The Bertz CT molecular complexity index is 993. The van der Waals surface area contributed by atoms with Crippen LogP contribution in [0.3, 0.4) is 0 Å². The third kappa shape index (κ3) is 7.40. The van der Waals surface area contributed by atoms with Crippen molar-refractivity contribution in [3.05, 3.63) is 59.7 Å². The Morgan fingerprint density at radius 2 is 1.84 bits per heavy atom. The zero-order chi connectivity index (χ0) is 22.7. The highest BCUT2D eigenvalue weighted by Crippen LogP contribution is 2.25. The van der Waals surface area contributed by atoms with Crippen LogP contribution in [0.5, 0.6) is 5.75 Å². The molecule has 8 heteroatoms. The zero-order valence-electron chi connectivity index (χ0n) is 17.7. The van der Waals surface area contributed by atoms with E-state index in [2.05, 4.69) is 24.1 Å². The van der Waals surface area contributed by atoms with E-state index < -0.39 is 21.6 Å². The number of sulfone groups is 1. The lowest BCUT2D eigenvalue weighted by molar-refractivity contribution is -0.158. The number of hydroxylamine groups is 2. The van der Waals surface area contributed by atoms with Gasteiger partial charge in [-0.3, -0.25) is 10.0 Å². The normalized spacial score (nSPS) is 11.8. The standard InChI is InChI=1S/C23H28N2O5S/c1-3-5-15-30-21-10-12-22(13-11-21)31(28,29)17-23(25(27)18-26)20-8-6-19(7-9-20)16-24-14-4-2/h6-13,18,23-24,27H,4,14-17H2,1-2H3. The summed E-state index contributed by atoms with van der Waals surface area (Å²) in [6.07, 6.45) is 1.24. The van der Waals surface area contributed by atoms with Gasteiger partial charge in [0.15, 0.2) is 9.84 Å². The molecular weight excluding hydrogens is 416 g/mol. The summed E-state index contributed by atoms with van der Waals surface area (Å²) in [5.41, 5.74) is 1.55. The molecule has 0 radical (unpaired) electrons. The predicted octanol–water partition coefficient (Wildman–Crippen LogP) is 2.95. The summed E-state index contributed by atoms with van der Waals surface area (Å²) in [5, 5.41) is 13.7. The Labute approximate surface area is 183 Å². The third-order valence-corrected chi connectivity index (χ3v) is 6.34. The molecule has 1 unspecified atom stereocenters. The lowest BCUT2D eigenvalue weighted by Gasteiger charge is -2.23. The first-order chi connectivity index (χ1) is 14.9. The highest BCUT2D eigenvalue weighted by atomic mass is 32.2. The van der Waals surface area contributed by atoms with Crippen LogP contribution in [0.2, 0.25) is 0 Å². The molecule has 31 heavy (non-hydrogen) atoms. The smallest absolute Gasteiger partial charge is 0.233 e. The first kappa shape index (κ1) is 24.4. The molecule has 0 aliphatic rings. The van der Waals surface area contributed by atoms with E-state index in [9.17, 15) is 18.4 Å². The number of amides is 1. The van der Waals surface area contributed by atoms with E-state index in [1.54, 1.807) is 31.2 Å². The molecule has 0 saturated heterocycles. The first-order valence-corrected chi connectivity index (χ1v) is 11.6. The van der Waals surface area contributed by atoms with E-state index >= 15 is 0 Å². The second kappa shape index (κ2) is 12.1. The molecule has 2 aromatic rings. The minimum absolute atomic E-state index is 0.0751. The first-order valence-electron chi connectivity index (χ1n) is 9.98. The zero-order valence-corrected chi connectivity index (χ0v) is 18.6. The number of rotatable bonds is 12. The van der Waals surface area contributed by atoms with Crippen LogP contribution in [-0.4, -0.2) is 44.0 Å². The monoisotopic (exact) mass is 444 g/mol. The van der Waals surface area contributed by atoms with Gasteiger partial charge in [0.2, 0.25) is 6.41 Å². The topological polar surface area (TPSA) is 95.9 Å². The van der Waals surface area contributed by atoms with Gasteiger partial charge in [-0.05, 0) is 55.3 Å². The van der Waals surface area contributed by atoms with Gasteiger partial charge in [-0.15, -0.1) is 5.92 Å². The number of hydrogen-bond acceptors (Lipinski definition) is 6. The molecule has 7 nitrogen and oxygen atoms in total. The van der Waals surface area contributed by atoms with Crippen LogP contribution in [0.15, 0.2) is 53.4 Å². The van der Waals surface area contributed by atoms with Gasteiger partial charge in [0.1, 0.15) is 12.4 Å². The average Bonchev–Trinajstić information content (AvgIpc) is 2.78. The maximum atomic E-state index is 12.9. The van der Waals surface area contributed by atoms with Gasteiger partial charge >= 0.3 is 0 Å². The second-order valence-corrected chi connectivity index (χ2v) is 8.92. The molecule has 0 heterocycles. The van der Waals surface area contributed by atoms with E-state index in [4.69, 9.17) is 4.74 Å². The van der Waals surface area contributed by atoms with Gasteiger partial charge in [0.05, 0.1) is 16.7 Å². The van der Waals surface area contributed by atoms with Gasteiger partial charge < -0.3 is 10.1 Å². The fourth-order valence-corrected chi connectivity index (χ4v) is 4.41. The quantitative estimate of drug-likeness (QED) is 0.172. The van der Waals surface area contributed by atoms with Crippen LogP contribution >= 0.6 is 0 Å². The van der Waals surface area contributed by atoms with Crippen molar-refractivity contribution in [1.82, 2.24) is 10.4 Å². The molecule has 1 atom stereocenters. The number of benzene rings is 2. The van der Waals surface area contributed by atoms with Crippen LogP contribution in [0.25, 0.3) is 0 Å². The molecule has 2 rings (SSSR count). The summed E-state index contributed by atoms with van der Waals surface area (Å²) in [6.45, 7) is 5.58. The van der Waals surface area contributed by atoms with Gasteiger partial charge in [-0.1, -0.05) is 37.1 Å². The van der Waals surface area contributed by atoms with Crippen molar-refractivity contribution in [3.8, 4) is 17.6 Å². The summed E-state index contributed by atoms with van der Waals surface area (Å²) in [6, 6.07) is 12.1. The van der Waals surface area contributed by atoms with Gasteiger partial charge in [0.25, 0.3) is 0 Å². The number of hydrogen-bond donors (Lipinski definition) is 2. The second-order valence-electron chi connectivity index (χ2n) is 6.89. The van der Waals surface area contributed by atoms with Crippen LogP contribution in [-0.2, 0) is 21.2 Å². The van der Waals surface area contributed by atoms with Crippen LogP contribution in [0, 0.1) is 11.8 Å². The molecule has 0 fully saturated rings. The van der Waals surface area contributed by atoms with Crippen molar-refractivity contribution in [2.45, 2.75) is 37.8 Å². The number of nitrogens with one attached hydrogen (secondary N) is 1. The number of ether oxygens (including phenoxy) is 1. The molecule has 0 bridgehead atoms. The largest absolute Gasteiger partial charge is 0.481 e. The number of carbonyl (C=O) groups excluding carboxylic acids is 1. The Morgan fingerprint density at radius 3 is 2.42 bits per heavy atom. The average molecular weight is 445 g/mol. The minimum Gasteiger partial charge on any atom is -0.481 e. The van der Waals surface area contributed by atoms with E-state index in [0.29, 0.717) is 22.9 Å². The Balaban J connectivity index is 2.17. The molecule has 0 spiro atoms. The highest BCUT2D eigenvalue weighted by molar-refractivity contribution is 7.91. The molecule has 0 saturated carbocycles. The Morgan fingerprint density at radius 1 is 1.16 bits per heavy atom. The van der Waals surface area contributed by atoms with E-state index in [0.717, 1.165) is 18.5 Å². The number of carbonyl (C=O) groups is 1. The predicted molar refractivity (Wildman–Crippen MR) is 118 cm³/mol. The van der Waals surface area contributed by atoms with Gasteiger partial charge in [0, 0.05) is 6.54 Å². The number of nitrogens with zero attached hydrogens (tertiary/aromatic N) is 1. The molecule has 0 aliphatic heterocycles. The fourth-order valence-electron chi connectivity index (χ4n) is 2.90. The molecule has 0 aromatic heterocycles. The summed E-state index contributed by atoms with van der Waals surface area (Å²) in [5.74, 6) is 5.51. The van der Waals surface area contributed by atoms with E-state index in [1.165, 1.54) is 12.1 Å². The lowest BCUT2D eigenvalue weighted by atomic mass is 10.1. The summed E-state index contributed by atoms with van der Waals surface area (Å²) in [4.78, 5) is 11.3. The molecule has 166 valence electrons. The minimum atomic E-state index is -3.79. The molecular formula is C23H28N2O5S. The summed E-state index contributed by atoms with van der Waals surface area (Å²) >= 11 is 0. The van der Waals surface area contributed by atoms with Crippen molar-refractivity contribution >= 4 is 16.2 Å². The maximum absolute atomic E-state index is 12.9. The summed E-state index contributed by atoms with van der Waals surface area (Å²) in [7, 11) is -3.79. The van der Waals surface area contributed by atoms with Gasteiger partial charge in [-0.25, -0.2) is 13.5 Å². The van der Waals surface area contributed by atoms with Crippen molar-refractivity contribution in [2.75, 3.05) is 18.9 Å². The molecule has 2 N–H and O–H groups in total. The van der Waals surface area contributed by atoms with E-state index in [-0.39, 0.29) is 17.9 Å². The SMILES string of the molecule is CC#CCOc1ccc(S(=O)(=O)CC(c2ccc(CNCCC)cc2)N(O)C=O)cc1. The molecule has 1 amide bonds.